The summed E-state index contributed by atoms with van der Waals surface area (Å²) in [6, 6.07) is 6.46. The topological polar surface area (TPSA) is 0 Å². The molecule has 0 amide bonds. The first-order valence-electron chi connectivity index (χ1n) is 4.16. The molecule has 0 N–H and O–H groups in total. The fourth-order valence-corrected chi connectivity index (χ4v) is 1.64. The normalized spacial score (nSPS) is 9.15. The van der Waals surface area contributed by atoms with Crippen molar-refractivity contribution in [2.45, 2.75) is 20.3 Å². The van der Waals surface area contributed by atoms with E-state index < -0.39 is 0 Å². The van der Waals surface area contributed by atoms with Crippen molar-refractivity contribution in [3.63, 3.8) is 0 Å². The SMILES string of the molecule is CCc1ccc(C#CSI)c(C)c1. The third-order valence-corrected chi connectivity index (χ3v) is 2.76. The van der Waals surface area contributed by atoms with Gasteiger partial charge < -0.3 is 0 Å². The van der Waals surface area contributed by atoms with Gasteiger partial charge in [0.25, 0.3) is 0 Å². The lowest BCUT2D eigenvalue weighted by Gasteiger charge is -2.00. The van der Waals surface area contributed by atoms with Crippen molar-refractivity contribution in [2.24, 2.45) is 0 Å². The molecule has 13 heavy (non-hydrogen) atoms. The molecule has 0 aliphatic carbocycles. The highest BCUT2D eigenvalue weighted by atomic mass is 127. The van der Waals surface area contributed by atoms with Gasteiger partial charge in [-0.1, -0.05) is 25.0 Å². The van der Waals surface area contributed by atoms with Crippen LogP contribution in [0.4, 0.5) is 0 Å². The molecule has 0 bridgehead atoms. The van der Waals surface area contributed by atoms with Crippen molar-refractivity contribution in [2.75, 3.05) is 0 Å². The van der Waals surface area contributed by atoms with Crippen LogP contribution in [0.3, 0.4) is 0 Å². The van der Waals surface area contributed by atoms with Crippen LogP contribution < -0.4 is 0 Å². The fraction of sp³-hybridized carbons (Fsp3) is 0.273. The van der Waals surface area contributed by atoms with Crippen LogP contribution in [0.15, 0.2) is 18.2 Å². The number of aryl methyl sites for hydroxylation is 2. The van der Waals surface area contributed by atoms with Gasteiger partial charge in [-0.2, -0.15) is 0 Å². The van der Waals surface area contributed by atoms with E-state index >= 15 is 0 Å². The van der Waals surface area contributed by atoms with Crippen LogP contribution in [0.5, 0.6) is 0 Å². The van der Waals surface area contributed by atoms with Crippen LogP contribution in [0.25, 0.3) is 0 Å². The molecule has 0 atom stereocenters. The molecule has 0 aromatic heterocycles. The lowest BCUT2D eigenvalue weighted by Crippen LogP contribution is -1.85. The molecule has 0 radical (unpaired) electrons. The molecule has 68 valence electrons. The van der Waals surface area contributed by atoms with Gasteiger partial charge in [0.2, 0.25) is 0 Å². The minimum Gasteiger partial charge on any atom is -0.0613 e. The van der Waals surface area contributed by atoms with Crippen LogP contribution in [0, 0.1) is 18.1 Å². The zero-order valence-electron chi connectivity index (χ0n) is 7.73. The number of halogens is 1. The highest BCUT2D eigenvalue weighted by Gasteiger charge is 1.95. The lowest BCUT2D eigenvalue weighted by molar-refractivity contribution is 1.13. The average Bonchev–Trinajstić information content (AvgIpc) is 2.16. The molecule has 0 unspecified atom stereocenters. The highest BCUT2D eigenvalue weighted by molar-refractivity contribution is 14.2. The van der Waals surface area contributed by atoms with Gasteiger partial charge in [-0.05, 0) is 44.7 Å². The third kappa shape index (κ3) is 3.24. The quantitative estimate of drug-likeness (QED) is 0.559. The maximum absolute atomic E-state index is 3.12. The van der Waals surface area contributed by atoms with Gasteiger partial charge >= 0.3 is 0 Å². The maximum Gasteiger partial charge on any atom is 0.0283 e. The first-order chi connectivity index (χ1) is 6.27. The third-order valence-electron chi connectivity index (χ3n) is 1.92. The Morgan fingerprint density at radius 1 is 1.46 bits per heavy atom. The molecular formula is C11H11IS. The Bertz CT molecular complexity index is 347. The average molecular weight is 302 g/mol. The van der Waals surface area contributed by atoms with Gasteiger partial charge in [-0.25, -0.2) is 0 Å². The van der Waals surface area contributed by atoms with Gasteiger partial charge in [-0.15, -0.1) is 0 Å². The van der Waals surface area contributed by atoms with Crippen LogP contribution in [0.2, 0.25) is 0 Å². The number of benzene rings is 1. The van der Waals surface area contributed by atoms with E-state index in [1.54, 1.807) is 0 Å². The van der Waals surface area contributed by atoms with Crippen molar-refractivity contribution >= 4 is 30.1 Å². The van der Waals surface area contributed by atoms with Gasteiger partial charge in [-0.3, -0.25) is 0 Å². The van der Waals surface area contributed by atoms with E-state index in [2.05, 4.69) is 64.4 Å². The summed E-state index contributed by atoms with van der Waals surface area (Å²) in [5.74, 6) is 3.12. The molecule has 1 aromatic carbocycles. The molecule has 0 saturated carbocycles. The molecule has 0 fully saturated rings. The Morgan fingerprint density at radius 3 is 2.77 bits per heavy atom. The van der Waals surface area contributed by atoms with Crippen LogP contribution in [-0.2, 0) is 6.42 Å². The predicted octanol–water partition coefficient (Wildman–Crippen LogP) is 3.95. The van der Waals surface area contributed by atoms with E-state index in [9.17, 15) is 0 Å². The molecular weight excluding hydrogens is 291 g/mol. The Kier molecular flexibility index (Phi) is 4.68. The second-order valence-corrected chi connectivity index (χ2v) is 4.49. The van der Waals surface area contributed by atoms with Gasteiger partial charge in [0.1, 0.15) is 0 Å². The van der Waals surface area contributed by atoms with Crippen LogP contribution in [-0.4, -0.2) is 0 Å². The first-order valence-corrected chi connectivity index (χ1v) is 7.52. The molecule has 0 aliphatic heterocycles. The van der Waals surface area contributed by atoms with E-state index in [1.165, 1.54) is 20.1 Å². The van der Waals surface area contributed by atoms with Crippen molar-refractivity contribution in [1.82, 2.24) is 0 Å². The number of rotatable bonds is 1. The second kappa shape index (κ2) is 5.56. The summed E-state index contributed by atoms with van der Waals surface area (Å²) in [5.41, 5.74) is 3.80. The minimum atomic E-state index is 1.09. The number of hydrogen-bond donors (Lipinski definition) is 0. The standard InChI is InChI=1S/C11H11IS/c1-3-10-4-5-11(6-7-13-12)9(2)8-10/h4-5,8H,3H2,1-2H3. The molecule has 2 heteroatoms. The summed E-state index contributed by atoms with van der Waals surface area (Å²) >= 11 is 2.18. The Morgan fingerprint density at radius 2 is 2.23 bits per heavy atom. The van der Waals surface area contributed by atoms with Gasteiger partial charge in [0.05, 0.1) is 0 Å². The molecule has 0 saturated heterocycles. The van der Waals surface area contributed by atoms with Gasteiger partial charge in [0, 0.05) is 26.8 Å². The lowest BCUT2D eigenvalue weighted by atomic mass is 10.0. The van der Waals surface area contributed by atoms with Crippen LogP contribution in [0.1, 0.15) is 23.6 Å². The van der Waals surface area contributed by atoms with E-state index in [1.807, 2.05) is 0 Å². The molecule has 1 rings (SSSR count). The number of hydrogen-bond acceptors (Lipinski definition) is 1. The van der Waals surface area contributed by atoms with E-state index in [-0.39, 0.29) is 0 Å². The predicted molar refractivity (Wildman–Crippen MR) is 69.0 cm³/mol. The van der Waals surface area contributed by atoms with Gasteiger partial charge in [0.15, 0.2) is 0 Å². The van der Waals surface area contributed by atoms with Crippen molar-refractivity contribution in [3.8, 4) is 11.2 Å². The molecule has 0 aliphatic rings. The first kappa shape index (κ1) is 10.9. The summed E-state index contributed by atoms with van der Waals surface area (Å²) in [7, 11) is 1.52. The molecule has 1 aromatic rings. The smallest absolute Gasteiger partial charge is 0.0283 e. The second-order valence-electron chi connectivity index (χ2n) is 2.81. The van der Waals surface area contributed by atoms with Crippen molar-refractivity contribution in [1.29, 1.82) is 0 Å². The Labute approximate surface area is 96.1 Å². The van der Waals surface area contributed by atoms with E-state index in [0.717, 1.165) is 12.0 Å². The van der Waals surface area contributed by atoms with E-state index in [0.29, 0.717) is 0 Å². The zero-order valence-corrected chi connectivity index (χ0v) is 10.7. The summed E-state index contributed by atoms with van der Waals surface area (Å²) in [5, 5.41) is 3.00. The van der Waals surface area contributed by atoms with Crippen LogP contribution >= 0.6 is 30.1 Å². The fourth-order valence-electron chi connectivity index (χ4n) is 1.16. The molecule has 0 spiro atoms. The summed E-state index contributed by atoms with van der Waals surface area (Å²) < 4.78 is 0. The molecule has 0 heterocycles. The largest absolute Gasteiger partial charge is 0.0613 e. The summed E-state index contributed by atoms with van der Waals surface area (Å²) in [6.45, 7) is 4.28. The Balaban J connectivity index is 2.98. The maximum atomic E-state index is 3.12. The van der Waals surface area contributed by atoms with E-state index in [4.69, 9.17) is 0 Å². The summed E-state index contributed by atoms with van der Waals surface area (Å²) in [4.78, 5) is 0. The van der Waals surface area contributed by atoms with Crippen molar-refractivity contribution < 1.29 is 0 Å². The summed E-state index contributed by atoms with van der Waals surface area (Å²) in [6.07, 6.45) is 1.09. The molecule has 0 nitrogen and oxygen atoms in total. The highest BCUT2D eigenvalue weighted by Crippen LogP contribution is 2.12. The Hall–Kier alpha value is -0.140. The van der Waals surface area contributed by atoms with Crippen molar-refractivity contribution in [3.05, 3.63) is 34.9 Å². The minimum absolute atomic E-state index is 1.09. The zero-order chi connectivity index (χ0) is 9.68. The monoisotopic (exact) mass is 302 g/mol.